The van der Waals surface area contributed by atoms with Gasteiger partial charge in [0, 0.05) is 5.70 Å². The van der Waals surface area contributed by atoms with E-state index in [1.165, 1.54) is 6.08 Å². The third kappa shape index (κ3) is 4.45. The minimum absolute atomic E-state index is 0.106. The number of nitrogens with two attached hydrogens (primary N) is 1. The highest BCUT2D eigenvalue weighted by molar-refractivity contribution is 6.09. The van der Waals surface area contributed by atoms with Crippen molar-refractivity contribution < 1.29 is 13.2 Å². The normalized spacial score (nSPS) is 14.4. The molecule has 0 saturated heterocycles. The van der Waals surface area contributed by atoms with Crippen molar-refractivity contribution in [3.05, 3.63) is 36.1 Å². The highest BCUT2D eigenvalue weighted by Gasteiger charge is 2.31. The lowest BCUT2D eigenvalue weighted by Gasteiger charge is -2.06. The van der Waals surface area contributed by atoms with Crippen molar-refractivity contribution >= 4 is 7.85 Å². The van der Waals surface area contributed by atoms with Crippen LogP contribution in [-0.4, -0.2) is 14.0 Å². The summed E-state index contributed by atoms with van der Waals surface area (Å²) in [6.07, 6.45) is -0.652. The molecule has 72 valence electrons. The topological polar surface area (TPSA) is 26.0 Å². The van der Waals surface area contributed by atoms with Gasteiger partial charge in [0.05, 0.1) is 5.57 Å². The van der Waals surface area contributed by atoms with E-state index >= 15 is 0 Å². The Hall–Kier alpha value is -1.13. The van der Waals surface area contributed by atoms with Crippen LogP contribution in [0.5, 0.6) is 0 Å². The zero-order chi connectivity index (χ0) is 10.5. The highest BCUT2D eigenvalue weighted by Crippen LogP contribution is 2.26. The molecule has 13 heavy (non-hydrogen) atoms. The van der Waals surface area contributed by atoms with Crippen molar-refractivity contribution in [2.45, 2.75) is 12.5 Å². The Kier molecular flexibility index (Phi) is 4.38. The van der Waals surface area contributed by atoms with Crippen LogP contribution in [0.4, 0.5) is 13.2 Å². The maximum Gasteiger partial charge on any atom is 0.416 e. The van der Waals surface area contributed by atoms with Crippen LogP contribution >= 0.6 is 0 Å². The van der Waals surface area contributed by atoms with Gasteiger partial charge in [-0.3, -0.25) is 0 Å². The standard InChI is InChI=1S/C8H11BF3N/c1-2-6(8(10,11)12)5-7(13)3-4-9/h2-3,5H,1,4,9,13H2/b6-5+,7-3+. The first-order valence-corrected chi connectivity index (χ1v) is 3.78. The van der Waals surface area contributed by atoms with E-state index in [4.69, 9.17) is 5.73 Å². The highest BCUT2D eigenvalue weighted by atomic mass is 19.4. The molecule has 0 aliphatic rings. The molecule has 0 aliphatic heterocycles. The van der Waals surface area contributed by atoms with E-state index < -0.39 is 11.7 Å². The summed E-state index contributed by atoms with van der Waals surface area (Å²) in [7, 11) is 1.79. The predicted octanol–water partition coefficient (Wildman–Crippen LogP) is 1.56. The molecule has 0 amide bonds. The molecule has 0 radical (unpaired) electrons. The lowest BCUT2D eigenvalue weighted by molar-refractivity contribution is -0.0882. The minimum Gasteiger partial charge on any atom is -0.399 e. The van der Waals surface area contributed by atoms with Crippen LogP contribution in [0.25, 0.3) is 0 Å². The van der Waals surface area contributed by atoms with Crippen LogP contribution < -0.4 is 5.73 Å². The molecular weight excluding hydrogens is 178 g/mol. The van der Waals surface area contributed by atoms with Crippen molar-refractivity contribution in [2.24, 2.45) is 5.73 Å². The Labute approximate surface area is 76.2 Å². The molecule has 2 N–H and O–H groups in total. The largest absolute Gasteiger partial charge is 0.416 e. The summed E-state index contributed by atoms with van der Waals surface area (Å²) < 4.78 is 36.3. The third-order valence-electron chi connectivity index (χ3n) is 1.31. The Morgan fingerprint density at radius 2 is 2.00 bits per heavy atom. The van der Waals surface area contributed by atoms with Gasteiger partial charge in [-0.25, -0.2) is 0 Å². The number of hydrogen-bond donors (Lipinski definition) is 1. The molecule has 0 aromatic rings. The minimum atomic E-state index is -4.38. The Balaban J connectivity index is 4.78. The molecule has 0 saturated carbocycles. The van der Waals surface area contributed by atoms with E-state index in [-0.39, 0.29) is 5.70 Å². The van der Waals surface area contributed by atoms with Crippen molar-refractivity contribution in [3.8, 4) is 0 Å². The van der Waals surface area contributed by atoms with Crippen LogP contribution in [0.2, 0.25) is 6.32 Å². The zero-order valence-electron chi connectivity index (χ0n) is 7.36. The number of hydrogen-bond acceptors (Lipinski definition) is 1. The number of allylic oxidation sites excluding steroid dienone is 4. The summed E-state index contributed by atoms with van der Waals surface area (Å²) in [5.41, 5.74) is 4.58. The second-order valence-electron chi connectivity index (χ2n) is 2.41. The van der Waals surface area contributed by atoms with Gasteiger partial charge in [-0.05, 0) is 6.08 Å². The van der Waals surface area contributed by atoms with Crippen molar-refractivity contribution in [1.82, 2.24) is 0 Å². The van der Waals surface area contributed by atoms with Crippen LogP contribution in [-0.2, 0) is 0 Å². The quantitative estimate of drug-likeness (QED) is 0.529. The van der Waals surface area contributed by atoms with Crippen molar-refractivity contribution in [3.63, 3.8) is 0 Å². The summed E-state index contributed by atoms with van der Waals surface area (Å²) in [5, 5.41) is 0. The Bertz CT molecular complexity index is 240. The van der Waals surface area contributed by atoms with E-state index in [2.05, 4.69) is 6.58 Å². The summed E-state index contributed by atoms with van der Waals surface area (Å²) in [5.74, 6) is 0. The molecule has 0 unspecified atom stereocenters. The Morgan fingerprint density at radius 1 is 1.46 bits per heavy atom. The predicted molar refractivity (Wildman–Crippen MR) is 50.0 cm³/mol. The van der Waals surface area contributed by atoms with E-state index in [0.717, 1.165) is 12.2 Å². The van der Waals surface area contributed by atoms with Gasteiger partial charge in [0.25, 0.3) is 0 Å². The van der Waals surface area contributed by atoms with Gasteiger partial charge in [-0.15, -0.1) is 0 Å². The fourth-order valence-corrected chi connectivity index (χ4v) is 0.731. The average molecular weight is 189 g/mol. The summed E-state index contributed by atoms with van der Waals surface area (Å²) in [6.45, 7) is 3.07. The number of halogens is 3. The van der Waals surface area contributed by atoms with Crippen molar-refractivity contribution in [1.29, 1.82) is 0 Å². The average Bonchev–Trinajstić information content (AvgIpc) is 1.98. The van der Waals surface area contributed by atoms with Crippen LogP contribution in [0.15, 0.2) is 36.1 Å². The van der Waals surface area contributed by atoms with Gasteiger partial charge in [0.2, 0.25) is 0 Å². The molecule has 0 spiro atoms. The van der Waals surface area contributed by atoms with Gasteiger partial charge >= 0.3 is 6.18 Å². The van der Waals surface area contributed by atoms with Gasteiger partial charge in [-0.2, -0.15) is 13.2 Å². The molecule has 0 fully saturated rings. The smallest absolute Gasteiger partial charge is 0.399 e. The van der Waals surface area contributed by atoms with Gasteiger partial charge in [-0.1, -0.05) is 25.1 Å². The van der Waals surface area contributed by atoms with Gasteiger partial charge < -0.3 is 5.73 Å². The van der Waals surface area contributed by atoms with E-state index in [1.807, 2.05) is 0 Å². The van der Waals surface area contributed by atoms with E-state index in [9.17, 15) is 13.2 Å². The molecule has 0 atom stereocenters. The zero-order valence-corrected chi connectivity index (χ0v) is 7.36. The van der Waals surface area contributed by atoms with Crippen LogP contribution in [0, 0.1) is 0 Å². The molecule has 1 nitrogen and oxygen atoms in total. The van der Waals surface area contributed by atoms with E-state index in [1.54, 1.807) is 7.85 Å². The number of alkyl halides is 3. The summed E-state index contributed by atoms with van der Waals surface area (Å²) in [4.78, 5) is 0. The lowest BCUT2D eigenvalue weighted by atomic mass is 10.0. The first-order chi connectivity index (χ1) is 5.91. The summed E-state index contributed by atoms with van der Waals surface area (Å²) in [6, 6.07) is 0. The second kappa shape index (κ2) is 4.79. The van der Waals surface area contributed by atoms with Crippen LogP contribution in [0.1, 0.15) is 0 Å². The van der Waals surface area contributed by atoms with Crippen molar-refractivity contribution in [2.75, 3.05) is 0 Å². The van der Waals surface area contributed by atoms with Crippen LogP contribution in [0.3, 0.4) is 0 Å². The maximum absolute atomic E-state index is 12.1. The molecule has 0 aromatic heterocycles. The second-order valence-corrected chi connectivity index (χ2v) is 2.41. The fourth-order valence-electron chi connectivity index (χ4n) is 0.731. The van der Waals surface area contributed by atoms with E-state index in [0.29, 0.717) is 6.32 Å². The van der Waals surface area contributed by atoms with Gasteiger partial charge in [0.1, 0.15) is 7.85 Å². The first kappa shape index (κ1) is 11.9. The lowest BCUT2D eigenvalue weighted by Crippen LogP contribution is -2.11. The first-order valence-electron chi connectivity index (χ1n) is 3.78. The monoisotopic (exact) mass is 189 g/mol. The molecule has 0 aliphatic carbocycles. The maximum atomic E-state index is 12.1. The molecule has 0 heterocycles. The molecule has 5 heteroatoms. The summed E-state index contributed by atoms with van der Waals surface area (Å²) >= 11 is 0. The molecule has 0 rings (SSSR count). The van der Waals surface area contributed by atoms with Gasteiger partial charge in [0.15, 0.2) is 0 Å². The molecule has 0 bridgehead atoms. The SMILES string of the molecule is BC/C=C(N)\C=C(/C=C)C(F)(F)F. The fraction of sp³-hybridized carbons (Fsp3) is 0.250. The molecular formula is C8H11BF3N. The molecule has 0 aromatic carbocycles. The third-order valence-corrected chi connectivity index (χ3v) is 1.31. The number of rotatable bonds is 3. The Morgan fingerprint density at radius 3 is 2.31 bits per heavy atom.